The third-order valence-electron chi connectivity index (χ3n) is 5.07. The Bertz CT molecular complexity index is 741. The Hall–Kier alpha value is -2.57. The lowest BCUT2D eigenvalue weighted by molar-refractivity contribution is -0.141. The van der Waals surface area contributed by atoms with Crippen LogP contribution in [0.1, 0.15) is 84.9 Å². The maximum Gasteiger partial charge on any atom is 0.408 e. The largest absolute Gasteiger partial charge is 0.444 e. The van der Waals surface area contributed by atoms with Crippen molar-refractivity contribution in [3.05, 3.63) is 35.4 Å². The maximum absolute atomic E-state index is 13.3. The van der Waals surface area contributed by atoms with Crippen molar-refractivity contribution in [2.24, 2.45) is 0 Å². The van der Waals surface area contributed by atoms with E-state index < -0.39 is 23.8 Å². The van der Waals surface area contributed by atoms with Crippen LogP contribution >= 0.6 is 0 Å². The van der Waals surface area contributed by atoms with Crippen LogP contribution in [0.3, 0.4) is 0 Å². The summed E-state index contributed by atoms with van der Waals surface area (Å²) in [6.45, 7) is 13.8. The minimum absolute atomic E-state index is 0.218. The number of likely N-dealkylation sites (N-methyl/N-ethyl adjacent to an activating group) is 1. The van der Waals surface area contributed by atoms with E-state index in [9.17, 15) is 14.4 Å². The first-order valence-electron chi connectivity index (χ1n) is 11.7. The Kier molecular flexibility index (Phi) is 11.2. The molecule has 0 saturated heterocycles. The van der Waals surface area contributed by atoms with Gasteiger partial charge in [0.1, 0.15) is 17.7 Å². The average molecular weight is 448 g/mol. The summed E-state index contributed by atoms with van der Waals surface area (Å²) in [5.74, 6) is -0.559. The number of alkyl carbamates (subject to hydrolysis) is 1. The number of amides is 3. The van der Waals surface area contributed by atoms with Gasteiger partial charge >= 0.3 is 6.09 Å². The van der Waals surface area contributed by atoms with Gasteiger partial charge in [0.15, 0.2) is 0 Å². The van der Waals surface area contributed by atoms with Crippen molar-refractivity contribution < 1.29 is 19.1 Å². The van der Waals surface area contributed by atoms with Crippen molar-refractivity contribution in [1.29, 1.82) is 0 Å². The fraction of sp³-hybridized carbons (Fsp3) is 0.640. The Balaban J connectivity index is 3.10. The molecule has 0 aliphatic carbocycles. The number of benzene rings is 1. The molecule has 0 aromatic heterocycles. The number of unbranched alkanes of at least 4 members (excludes halogenated alkanes) is 2. The lowest BCUT2D eigenvalue weighted by Gasteiger charge is -2.33. The first kappa shape index (κ1) is 27.5. The fourth-order valence-electron chi connectivity index (χ4n) is 3.35. The lowest BCUT2D eigenvalue weighted by Crippen LogP contribution is -2.51. The monoisotopic (exact) mass is 447 g/mol. The van der Waals surface area contributed by atoms with Crippen molar-refractivity contribution in [2.75, 3.05) is 13.1 Å². The molecule has 7 nitrogen and oxygen atoms in total. The van der Waals surface area contributed by atoms with Crippen LogP contribution in [-0.4, -0.2) is 47.5 Å². The predicted molar refractivity (Wildman–Crippen MR) is 127 cm³/mol. The number of aryl methyl sites for hydroxylation is 1. The molecule has 32 heavy (non-hydrogen) atoms. The Morgan fingerprint density at radius 2 is 1.66 bits per heavy atom. The van der Waals surface area contributed by atoms with E-state index in [0.29, 0.717) is 13.1 Å². The highest BCUT2D eigenvalue weighted by molar-refractivity contribution is 5.91. The molecule has 7 heteroatoms. The first-order chi connectivity index (χ1) is 15.0. The lowest BCUT2D eigenvalue weighted by atomic mass is 10.0. The smallest absolute Gasteiger partial charge is 0.408 e. The van der Waals surface area contributed by atoms with Gasteiger partial charge in [-0.05, 0) is 58.6 Å². The van der Waals surface area contributed by atoms with Crippen LogP contribution in [0.25, 0.3) is 0 Å². The number of carbonyl (C=O) groups excluding carboxylic acids is 3. The van der Waals surface area contributed by atoms with Crippen LogP contribution in [0.4, 0.5) is 4.79 Å². The van der Waals surface area contributed by atoms with Crippen LogP contribution in [-0.2, 0) is 20.7 Å². The molecule has 1 aromatic carbocycles. The van der Waals surface area contributed by atoms with Gasteiger partial charge in [-0.1, -0.05) is 51.0 Å². The minimum Gasteiger partial charge on any atom is -0.444 e. The second-order valence-corrected chi connectivity index (χ2v) is 8.99. The topological polar surface area (TPSA) is 87.7 Å². The second kappa shape index (κ2) is 13.1. The molecule has 0 aliphatic heterocycles. The zero-order valence-electron chi connectivity index (χ0n) is 20.8. The van der Waals surface area contributed by atoms with E-state index in [0.717, 1.165) is 36.8 Å². The van der Waals surface area contributed by atoms with Crippen molar-refractivity contribution in [2.45, 2.75) is 91.8 Å². The van der Waals surface area contributed by atoms with Gasteiger partial charge in [0.05, 0.1) is 0 Å². The molecule has 0 spiro atoms. The summed E-state index contributed by atoms with van der Waals surface area (Å²) in [6.07, 6.45) is 3.21. The molecule has 0 radical (unpaired) electrons. The zero-order chi connectivity index (χ0) is 24.3. The molecule has 3 amide bonds. The van der Waals surface area contributed by atoms with Crippen LogP contribution in [0.15, 0.2) is 24.3 Å². The standard InChI is InChI=1S/C25H41N3O4/c1-8-11-12-17-26-22(29)21(20-15-13-19(9-2)14-16-20)28(10-3)23(30)18(4)27-24(31)32-25(5,6)7/h13-16,18,21H,8-12,17H2,1-7H3,(H,26,29)(H,27,31). The highest BCUT2D eigenvalue weighted by Crippen LogP contribution is 2.23. The molecule has 0 bridgehead atoms. The molecular weight excluding hydrogens is 406 g/mol. The Morgan fingerprint density at radius 3 is 2.16 bits per heavy atom. The summed E-state index contributed by atoms with van der Waals surface area (Å²) in [4.78, 5) is 40.1. The summed E-state index contributed by atoms with van der Waals surface area (Å²) in [7, 11) is 0. The van der Waals surface area contributed by atoms with Gasteiger partial charge in [-0.3, -0.25) is 9.59 Å². The molecule has 180 valence electrons. The summed E-state index contributed by atoms with van der Waals surface area (Å²) in [6, 6.07) is 6.15. The fourth-order valence-corrected chi connectivity index (χ4v) is 3.35. The molecule has 2 unspecified atom stereocenters. The zero-order valence-corrected chi connectivity index (χ0v) is 20.8. The number of hydrogen-bond acceptors (Lipinski definition) is 4. The van der Waals surface area contributed by atoms with E-state index in [2.05, 4.69) is 24.5 Å². The van der Waals surface area contributed by atoms with Gasteiger partial charge in [-0.25, -0.2) is 4.79 Å². The minimum atomic E-state index is -0.838. The summed E-state index contributed by atoms with van der Waals surface area (Å²) >= 11 is 0. The Labute approximate surface area is 193 Å². The number of ether oxygens (including phenoxy) is 1. The van der Waals surface area contributed by atoms with Crippen molar-refractivity contribution in [1.82, 2.24) is 15.5 Å². The molecule has 0 heterocycles. The van der Waals surface area contributed by atoms with Gasteiger partial charge in [-0.2, -0.15) is 0 Å². The molecule has 1 aromatic rings. The van der Waals surface area contributed by atoms with Gasteiger partial charge < -0.3 is 20.3 Å². The van der Waals surface area contributed by atoms with E-state index in [-0.39, 0.29) is 11.8 Å². The van der Waals surface area contributed by atoms with Crippen LogP contribution in [0.5, 0.6) is 0 Å². The third-order valence-corrected chi connectivity index (χ3v) is 5.07. The van der Waals surface area contributed by atoms with Crippen molar-refractivity contribution in [3.8, 4) is 0 Å². The first-order valence-corrected chi connectivity index (χ1v) is 11.7. The molecule has 2 atom stereocenters. The summed E-state index contributed by atoms with van der Waals surface area (Å²) in [5.41, 5.74) is 1.24. The molecular formula is C25H41N3O4. The molecule has 2 N–H and O–H groups in total. The number of nitrogens with one attached hydrogen (secondary N) is 2. The van der Waals surface area contributed by atoms with Crippen LogP contribution in [0, 0.1) is 0 Å². The van der Waals surface area contributed by atoms with Gasteiger partial charge in [0.25, 0.3) is 0 Å². The second-order valence-electron chi connectivity index (χ2n) is 8.99. The van der Waals surface area contributed by atoms with Crippen LogP contribution < -0.4 is 10.6 Å². The van der Waals surface area contributed by atoms with E-state index in [1.54, 1.807) is 27.7 Å². The average Bonchev–Trinajstić information content (AvgIpc) is 2.73. The number of rotatable bonds is 11. The van der Waals surface area contributed by atoms with Gasteiger partial charge in [0.2, 0.25) is 11.8 Å². The third kappa shape index (κ3) is 8.89. The summed E-state index contributed by atoms with van der Waals surface area (Å²) < 4.78 is 5.27. The van der Waals surface area contributed by atoms with Gasteiger partial charge in [-0.15, -0.1) is 0 Å². The Morgan fingerprint density at radius 1 is 1.03 bits per heavy atom. The van der Waals surface area contributed by atoms with E-state index in [1.807, 2.05) is 31.2 Å². The highest BCUT2D eigenvalue weighted by Gasteiger charge is 2.33. The highest BCUT2D eigenvalue weighted by atomic mass is 16.6. The van der Waals surface area contributed by atoms with E-state index in [1.165, 1.54) is 4.90 Å². The molecule has 0 aliphatic rings. The molecule has 0 fully saturated rings. The van der Waals surface area contributed by atoms with Gasteiger partial charge in [0, 0.05) is 13.1 Å². The molecule has 0 saturated carbocycles. The maximum atomic E-state index is 13.3. The van der Waals surface area contributed by atoms with Crippen molar-refractivity contribution >= 4 is 17.9 Å². The number of hydrogen-bond donors (Lipinski definition) is 2. The summed E-state index contributed by atoms with van der Waals surface area (Å²) in [5, 5.41) is 5.57. The van der Waals surface area contributed by atoms with E-state index in [4.69, 9.17) is 4.74 Å². The normalized spacial score (nSPS) is 13.1. The number of carbonyl (C=O) groups is 3. The SMILES string of the molecule is CCCCCNC(=O)C(c1ccc(CC)cc1)N(CC)C(=O)C(C)NC(=O)OC(C)(C)C. The predicted octanol–water partition coefficient (Wildman–Crippen LogP) is 4.36. The number of nitrogens with zero attached hydrogens (tertiary/aromatic N) is 1. The van der Waals surface area contributed by atoms with Crippen molar-refractivity contribution in [3.63, 3.8) is 0 Å². The van der Waals surface area contributed by atoms with Crippen LogP contribution in [0.2, 0.25) is 0 Å². The molecule has 1 rings (SSSR count). The quantitative estimate of drug-likeness (QED) is 0.494. The van der Waals surface area contributed by atoms with E-state index >= 15 is 0 Å².